The summed E-state index contributed by atoms with van der Waals surface area (Å²) in [7, 11) is 0. The van der Waals surface area contributed by atoms with E-state index in [1.807, 2.05) is 38.1 Å². The molecule has 0 aliphatic carbocycles. The number of nitrogens with one attached hydrogen (secondary N) is 2. The minimum Gasteiger partial charge on any atom is -0.376 e. The maximum atomic E-state index is 12.0. The summed E-state index contributed by atoms with van der Waals surface area (Å²) in [6.07, 6.45) is 0. The Labute approximate surface area is 134 Å². The Morgan fingerprint density at radius 2 is 1.86 bits per heavy atom. The third kappa shape index (κ3) is 4.13. The number of halogens is 2. The van der Waals surface area contributed by atoms with E-state index < -0.39 is 0 Å². The number of anilines is 2. The van der Waals surface area contributed by atoms with Crippen LogP contribution in [-0.2, 0) is 4.79 Å². The van der Waals surface area contributed by atoms with Crippen LogP contribution < -0.4 is 10.6 Å². The quantitative estimate of drug-likeness (QED) is 0.859. The fourth-order valence-electron chi connectivity index (χ4n) is 1.94. The smallest absolute Gasteiger partial charge is 0.243 e. The zero-order valence-electron chi connectivity index (χ0n) is 11.8. The zero-order chi connectivity index (χ0) is 15.4. The number of carbonyl (C=O) groups is 1. The summed E-state index contributed by atoms with van der Waals surface area (Å²) in [4.78, 5) is 12.0. The largest absolute Gasteiger partial charge is 0.376 e. The predicted octanol–water partition coefficient (Wildman–Crippen LogP) is 4.66. The molecule has 2 aromatic rings. The molecule has 0 saturated carbocycles. The molecule has 0 radical (unpaired) electrons. The zero-order valence-corrected chi connectivity index (χ0v) is 13.3. The maximum absolute atomic E-state index is 12.0. The van der Waals surface area contributed by atoms with E-state index in [-0.39, 0.29) is 12.5 Å². The van der Waals surface area contributed by atoms with Gasteiger partial charge < -0.3 is 10.6 Å². The van der Waals surface area contributed by atoms with Crippen molar-refractivity contribution in [3.8, 4) is 0 Å². The Hall–Kier alpha value is -1.71. The van der Waals surface area contributed by atoms with Gasteiger partial charge in [0, 0.05) is 21.4 Å². The number of amides is 1. The van der Waals surface area contributed by atoms with E-state index >= 15 is 0 Å². The Morgan fingerprint density at radius 3 is 2.57 bits per heavy atom. The first-order chi connectivity index (χ1) is 9.97. The average Bonchev–Trinajstić information content (AvgIpc) is 2.43. The molecule has 21 heavy (non-hydrogen) atoms. The van der Waals surface area contributed by atoms with Crippen LogP contribution in [0.4, 0.5) is 11.4 Å². The van der Waals surface area contributed by atoms with Crippen molar-refractivity contribution in [1.82, 2.24) is 0 Å². The van der Waals surface area contributed by atoms with Crippen LogP contribution in [0.2, 0.25) is 10.0 Å². The monoisotopic (exact) mass is 322 g/mol. The first-order valence-electron chi connectivity index (χ1n) is 6.52. The minimum absolute atomic E-state index is 0.125. The van der Waals surface area contributed by atoms with E-state index in [0.717, 1.165) is 22.5 Å². The van der Waals surface area contributed by atoms with Crippen molar-refractivity contribution in [1.29, 1.82) is 0 Å². The molecule has 1 amide bonds. The van der Waals surface area contributed by atoms with Crippen molar-refractivity contribution in [2.45, 2.75) is 13.8 Å². The lowest BCUT2D eigenvalue weighted by molar-refractivity contribution is -0.114. The van der Waals surface area contributed by atoms with Crippen LogP contribution in [-0.4, -0.2) is 12.5 Å². The molecule has 0 unspecified atom stereocenters. The molecule has 0 spiro atoms. The number of hydrogen-bond donors (Lipinski definition) is 2. The van der Waals surface area contributed by atoms with Gasteiger partial charge in [0.05, 0.1) is 6.54 Å². The van der Waals surface area contributed by atoms with Crippen LogP contribution in [0.1, 0.15) is 11.1 Å². The van der Waals surface area contributed by atoms with E-state index in [4.69, 9.17) is 23.2 Å². The van der Waals surface area contributed by atoms with Gasteiger partial charge in [0.15, 0.2) is 0 Å². The lowest BCUT2D eigenvalue weighted by Gasteiger charge is -2.12. The van der Waals surface area contributed by atoms with Crippen LogP contribution in [0, 0.1) is 13.8 Å². The molecule has 2 aromatic carbocycles. The third-order valence-electron chi connectivity index (χ3n) is 3.17. The lowest BCUT2D eigenvalue weighted by atomic mass is 10.2. The molecular weight excluding hydrogens is 307 g/mol. The maximum Gasteiger partial charge on any atom is 0.243 e. The highest BCUT2D eigenvalue weighted by Crippen LogP contribution is 2.23. The Morgan fingerprint density at radius 1 is 1.10 bits per heavy atom. The van der Waals surface area contributed by atoms with E-state index in [2.05, 4.69) is 10.6 Å². The van der Waals surface area contributed by atoms with E-state index in [9.17, 15) is 4.79 Å². The number of benzene rings is 2. The Balaban J connectivity index is 1.97. The van der Waals surface area contributed by atoms with Gasteiger partial charge >= 0.3 is 0 Å². The summed E-state index contributed by atoms with van der Waals surface area (Å²) in [5, 5.41) is 7.26. The van der Waals surface area contributed by atoms with Gasteiger partial charge in [-0.25, -0.2) is 0 Å². The average molecular weight is 323 g/mol. The number of aryl methyl sites for hydroxylation is 1. The van der Waals surface area contributed by atoms with Crippen molar-refractivity contribution < 1.29 is 4.79 Å². The molecule has 0 fully saturated rings. The molecule has 2 rings (SSSR count). The predicted molar refractivity (Wildman–Crippen MR) is 89.5 cm³/mol. The molecular formula is C16H16Cl2N2O. The lowest BCUT2D eigenvalue weighted by Crippen LogP contribution is -2.22. The van der Waals surface area contributed by atoms with Crippen molar-refractivity contribution in [3.05, 3.63) is 57.6 Å². The Bertz CT molecular complexity index is 671. The van der Waals surface area contributed by atoms with E-state index in [1.165, 1.54) is 0 Å². The van der Waals surface area contributed by atoms with Crippen LogP contribution in [0.5, 0.6) is 0 Å². The topological polar surface area (TPSA) is 41.1 Å². The first kappa shape index (κ1) is 15.7. The molecule has 110 valence electrons. The fraction of sp³-hybridized carbons (Fsp3) is 0.188. The summed E-state index contributed by atoms with van der Waals surface area (Å²) in [6, 6.07) is 10.9. The highest BCUT2D eigenvalue weighted by atomic mass is 35.5. The molecule has 0 aliphatic rings. The van der Waals surface area contributed by atoms with Crippen LogP contribution >= 0.6 is 23.2 Å². The molecule has 0 aromatic heterocycles. The minimum atomic E-state index is -0.125. The summed E-state index contributed by atoms with van der Waals surface area (Å²) >= 11 is 11.9. The highest BCUT2D eigenvalue weighted by molar-refractivity contribution is 6.31. The second-order valence-electron chi connectivity index (χ2n) is 4.77. The van der Waals surface area contributed by atoms with Gasteiger partial charge in [-0.3, -0.25) is 4.79 Å². The van der Waals surface area contributed by atoms with Gasteiger partial charge in [-0.05, 0) is 55.3 Å². The van der Waals surface area contributed by atoms with Gasteiger partial charge in [-0.1, -0.05) is 29.3 Å². The van der Waals surface area contributed by atoms with Crippen molar-refractivity contribution >= 4 is 40.5 Å². The molecule has 0 saturated heterocycles. The normalized spacial score (nSPS) is 10.3. The Kier molecular flexibility index (Phi) is 5.10. The highest BCUT2D eigenvalue weighted by Gasteiger charge is 2.07. The summed E-state index contributed by atoms with van der Waals surface area (Å²) < 4.78 is 0. The standard InChI is InChI=1S/C16H16Cl2N2O/c1-10-8-12(17)6-7-14(10)20-16(21)9-19-15-5-3-4-13(18)11(15)2/h3-8,19H,9H2,1-2H3,(H,20,21). The van der Waals surface area contributed by atoms with E-state index in [0.29, 0.717) is 10.0 Å². The molecule has 0 heterocycles. The van der Waals surface area contributed by atoms with Crippen molar-refractivity contribution in [3.63, 3.8) is 0 Å². The summed E-state index contributed by atoms with van der Waals surface area (Å²) in [6.45, 7) is 3.98. The third-order valence-corrected chi connectivity index (χ3v) is 3.81. The summed E-state index contributed by atoms with van der Waals surface area (Å²) in [5.41, 5.74) is 3.46. The fourth-order valence-corrected chi connectivity index (χ4v) is 2.34. The first-order valence-corrected chi connectivity index (χ1v) is 7.28. The molecule has 3 nitrogen and oxygen atoms in total. The van der Waals surface area contributed by atoms with E-state index in [1.54, 1.807) is 12.1 Å². The molecule has 2 N–H and O–H groups in total. The molecule has 5 heteroatoms. The molecule has 0 atom stereocenters. The van der Waals surface area contributed by atoms with Crippen LogP contribution in [0.25, 0.3) is 0 Å². The number of hydrogen-bond acceptors (Lipinski definition) is 2. The SMILES string of the molecule is Cc1cc(Cl)ccc1NC(=O)CNc1cccc(Cl)c1C. The second kappa shape index (κ2) is 6.83. The van der Waals surface area contributed by atoms with Gasteiger partial charge in [0.2, 0.25) is 5.91 Å². The van der Waals surface area contributed by atoms with Gasteiger partial charge in [0.25, 0.3) is 0 Å². The summed E-state index contributed by atoms with van der Waals surface area (Å²) in [5.74, 6) is -0.125. The second-order valence-corrected chi connectivity index (χ2v) is 5.62. The van der Waals surface area contributed by atoms with Gasteiger partial charge in [0.1, 0.15) is 0 Å². The van der Waals surface area contributed by atoms with Crippen LogP contribution in [0.15, 0.2) is 36.4 Å². The van der Waals surface area contributed by atoms with Gasteiger partial charge in [-0.15, -0.1) is 0 Å². The van der Waals surface area contributed by atoms with Crippen molar-refractivity contribution in [2.24, 2.45) is 0 Å². The number of rotatable bonds is 4. The van der Waals surface area contributed by atoms with Crippen LogP contribution in [0.3, 0.4) is 0 Å². The molecule has 0 bridgehead atoms. The van der Waals surface area contributed by atoms with Gasteiger partial charge in [-0.2, -0.15) is 0 Å². The number of carbonyl (C=O) groups excluding carboxylic acids is 1. The van der Waals surface area contributed by atoms with Crippen molar-refractivity contribution in [2.75, 3.05) is 17.2 Å². The molecule has 0 aliphatic heterocycles.